The molecule has 148 valence electrons. The summed E-state index contributed by atoms with van der Waals surface area (Å²) in [5, 5.41) is 8.11. The number of urea groups is 1. The number of hydrogen-bond donors (Lipinski definition) is 3. The van der Waals surface area contributed by atoms with Crippen LogP contribution in [0.15, 0.2) is 42.6 Å². The Morgan fingerprint density at radius 1 is 1.04 bits per heavy atom. The standard InChI is InChI=1S/C18H17F3N4O3/c19-18(20,21)10-28-15-8-1-11(9-22-15)16(26)23-12-2-4-13(5-3-12)24-17(27)25-14-6-7-14/h1-5,8-9,14H,6-7,10H2,(H,23,26)(H2,24,25,27). The number of halogens is 3. The van der Waals surface area contributed by atoms with Crippen molar-refractivity contribution in [2.75, 3.05) is 17.2 Å². The second kappa shape index (κ2) is 8.15. The maximum Gasteiger partial charge on any atom is 0.422 e. The van der Waals surface area contributed by atoms with Crippen molar-refractivity contribution in [1.29, 1.82) is 0 Å². The minimum atomic E-state index is -4.46. The lowest BCUT2D eigenvalue weighted by atomic mass is 10.2. The van der Waals surface area contributed by atoms with E-state index >= 15 is 0 Å². The summed E-state index contributed by atoms with van der Waals surface area (Å²) >= 11 is 0. The summed E-state index contributed by atoms with van der Waals surface area (Å²) in [6, 6.07) is 8.95. The van der Waals surface area contributed by atoms with E-state index in [2.05, 4.69) is 25.7 Å². The van der Waals surface area contributed by atoms with E-state index in [9.17, 15) is 22.8 Å². The van der Waals surface area contributed by atoms with Gasteiger partial charge in [-0.2, -0.15) is 13.2 Å². The van der Waals surface area contributed by atoms with Gasteiger partial charge in [-0.05, 0) is 43.2 Å². The Balaban J connectivity index is 1.51. The van der Waals surface area contributed by atoms with Gasteiger partial charge in [-0.15, -0.1) is 0 Å². The summed E-state index contributed by atoms with van der Waals surface area (Å²) < 4.78 is 40.8. The molecule has 1 aromatic carbocycles. The summed E-state index contributed by atoms with van der Waals surface area (Å²) in [7, 11) is 0. The van der Waals surface area contributed by atoms with Crippen LogP contribution in [-0.2, 0) is 0 Å². The largest absolute Gasteiger partial charge is 0.468 e. The third kappa shape index (κ3) is 6.15. The van der Waals surface area contributed by atoms with Crippen LogP contribution in [0.2, 0.25) is 0 Å². The number of anilines is 2. The molecule has 1 aliphatic rings. The number of rotatable bonds is 6. The molecule has 1 aliphatic carbocycles. The van der Waals surface area contributed by atoms with Crippen molar-refractivity contribution in [3.8, 4) is 5.88 Å². The molecule has 1 aromatic heterocycles. The maximum atomic E-state index is 12.2. The highest BCUT2D eigenvalue weighted by Crippen LogP contribution is 2.20. The minimum Gasteiger partial charge on any atom is -0.468 e. The van der Waals surface area contributed by atoms with Crippen molar-refractivity contribution in [1.82, 2.24) is 10.3 Å². The molecular formula is C18H17F3N4O3. The van der Waals surface area contributed by atoms with Gasteiger partial charge in [0.15, 0.2) is 6.61 Å². The number of ether oxygens (including phenoxy) is 1. The van der Waals surface area contributed by atoms with Crippen LogP contribution in [0.1, 0.15) is 23.2 Å². The Labute approximate surface area is 158 Å². The molecule has 3 N–H and O–H groups in total. The zero-order valence-corrected chi connectivity index (χ0v) is 14.5. The lowest BCUT2D eigenvalue weighted by molar-refractivity contribution is -0.154. The lowest BCUT2D eigenvalue weighted by Crippen LogP contribution is -2.30. The second-order valence-electron chi connectivity index (χ2n) is 6.19. The van der Waals surface area contributed by atoms with Crippen molar-refractivity contribution in [3.05, 3.63) is 48.2 Å². The highest BCUT2D eigenvalue weighted by molar-refractivity contribution is 6.04. The summed E-state index contributed by atoms with van der Waals surface area (Å²) in [6.45, 7) is -1.45. The molecule has 2 aromatic rings. The average Bonchev–Trinajstić information content (AvgIpc) is 3.45. The van der Waals surface area contributed by atoms with Crippen molar-refractivity contribution >= 4 is 23.3 Å². The van der Waals surface area contributed by atoms with Gasteiger partial charge in [0.2, 0.25) is 5.88 Å². The van der Waals surface area contributed by atoms with Crippen LogP contribution < -0.4 is 20.7 Å². The number of nitrogens with zero attached hydrogens (tertiary/aromatic N) is 1. The zero-order chi connectivity index (χ0) is 20.1. The zero-order valence-electron chi connectivity index (χ0n) is 14.5. The van der Waals surface area contributed by atoms with E-state index in [0.717, 1.165) is 19.0 Å². The van der Waals surface area contributed by atoms with Gasteiger partial charge in [-0.3, -0.25) is 4.79 Å². The summed E-state index contributed by atoms with van der Waals surface area (Å²) in [5.74, 6) is -0.712. The lowest BCUT2D eigenvalue weighted by Gasteiger charge is -2.10. The number of pyridine rings is 1. The van der Waals surface area contributed by atoms with E-state index < -0.39 is 18.7 Å². The third-order valence-corrected chi connectivity index (χ3v) is 3.70. The van der Waals surface area contributed by atoms with Crippen LogP contribution in [0.25, 0.3) is 0 Å². The van der Waals surface area contributed by atoms with Gasteiger partial charge in [0, 0.05) is 29.7 Å². The summed E-state index contributed by atoms with van der Waals surface area (Å²) in [4.78, 5) is 27.5. The molecule has 10 heteroatoms. The van der Waals surface area contributed by atoms with Crippen LogP contribution in [-0.4, -0.2) is 35.7 Å². The Kier molecular flexibility index (Phi) is 5.67. The number of nitrogens with one attached hydrogen (secondary N) is 3. The van der Waals surface area contributed by atoms with Crippen molar-refractivity contribution < 1.29 is 27.5 Å². The van der Waals surface area contributed by atoms with E-state index in [-0.39, 0.29) is 23.5 Å². The number of aromatic nitrogens is 1. The Bertz CT molecular complexity index is 835. The number of amides is 3. The van der Waals surface area contributed by atoms with Crippen molar-refractivity contribution in [2.45, 2.75) is 25.1 Å². The van der Waals surface area contributed by atoms with Gasteiger partial charge in [-0.25, -0.2) is 9.78 Å². The summed E-state index contributed by atoms with van der Waals surface area (Å²) in [6.07, 6.45) is -1.36. The fraction of sp³-hybridized carbons (Fsp3) is 0.278. The molecule has 1 saturated carbocycles. The molecule has 0 unspecified atom stereocenters. The van der Waals surface area contributed by atoms with Gasteiger partial charge >= 0.3 is 12.2 Å². The first-order valence-electron chi connectivity index (χ1n) is 8.43. The number of alkyl halides is 3. The summed E-state index contributed by atoms with van der Waals surface area (Å²) in [5.41, 5.74) is 1.21. The van der Waals surface area contributed by atoms with Gasteiger partial charge in [0.05, 0.1) is 5.56 Å². The van der Waals surface area contributed by atoms with E-state index in [0.29, 0.717) is 11.4 Å². The molecule has 0 atom stereocenters. The topological polar surface area (TPSA) is 92.4 Å². The maximum absolute atomic E-state index is 12.2. The predicted octanol–water partition coefficient (Wildman–Crippen LogP) is 3.56. The van der Waals surface area contributed by atoms with E-state index in [1.807, 2.05) is 0 Å². The Hall–Kier alpha value is -3.30. The van der Waals surface area contributed by atoms with E-state index in [4.69, 9.17) is 0 Å². The molecule has 3 rings (SSSR count). The van der Waals surface area contributed by atoms with Crippen molar-refractivity contribution in [2.24, 2.45) is 0 Å². The van der Waals surface area contributed by atoms with Crippen LogP contribution in [0, 0.1) is 0 Å². The monoisotopic (exact) mass is 394 g/mol. The highest BCUT2D eigenvalue weighted by Gasteiger charge is 2.28. The molecule has 7 nitrogen and oxygen atoms in total. The fourth-order valence-electron chi connectivity index (χ4n) is 2.18. The minimum absolute atomic E-state index is 0.158. The van der Waals surface area contributed by atoms with Crippen LogP contribution >= 0.6 is 0 Å². The van der Waals surface area contributed by atoms with Gasteiger partial charge in [0.1, 0.15) is 0 Å². The van der Waals surface area contributed by atoms with Crippen LogP contribution in [0.5, 0.6) is 5.88 Å². The van der Waals surface area contributed by atoms with Crippen LogP contribution in [0.4, 0.5) is 29.3 Å². The average molecular weight is 394 g/mol. The number of benzene rings is 1. The molecule has 1 fully saturated rings. The van der Waals surface area contributed by atoms with Gasteiger partial charge in [-0.1, -0.05) is 0 Å². The molecule has 3 amide bonds. The molecule has 0 aliphatic heterocycles. The molecule has 28 heavy (non-hydrogen) atoms. The Morgan fingerprint density at radius 3 is 2.21 bits per heavy atom. The number of carbonyl (C=O) groups excluding carboxylic acids is 2. The normalized spacial score (nSPS) is 13.5. The van der Waals surface area contributed by atoms with Crippen LogP contribution in [0.3, 0.4) is 0 Å². The molecule has 0 spiro atoms. The second-order valence-corrected chi connectivity index (χ2v) is 6.19. The molecule has 0 radical (unpaired) electrons. The van der Waals surface area contributed by atoms with E-state index in [1.54, 1.807) is 24.3 Å². The molecule has 1 heterocycles. The smallest absolute Gasteiger partial charge is 0.422 e. The quantitative estimate of drug-likeness (QED) is 0.699. The first-order valence-corrected chi connectivity index (χ1v) is 8.43. The molecule has 0 bridgehead atoms. The van der Waals surface area contributed by atoms with Crippen molar-refractivity contribution in [3.63, 3.8) is 0 Å². The first kappa shape index (κ1) is 19.5. The number of hydrogen-bond acceptors (Lipinski definition) is 4. The highest BCUT2D eigenvalue weighted by atomic mass is 19.4. The first-order chi connectivity index (χ1) is 13.3. The Morgan fingerprint density at radius 2 is 1.68 bits per heavy atom. The van der Waals surface area contributed by atoms with E-state index in [1.165, 1.54) is 12.1 Å². The predicted molar refractivity (Wildman–Crippen MR) is 95.4 cm³/mol. The SMILES string of the molecule is O=C(Nc1ccc(NC(=O)c2ccc(OCC(F)(F)F)nc2)cc1)NC1CC1. The van der Waals surface area contributed by atoms with Gasteiger partial charge < -0.3 is 20.7 Å². The molecule has 0 saturated heterocycles. The van der Waals surface area contributed by atoms with Gasteiger partial charge in [0.25, 0.3) is 5.91 Å². The number of carbonyl (C=O) groups is 2. The fourth-order valence-corrected chi connectivity index (χ4v) is 2.18. The molecular weight excluding hydrogens is 377 g/mol. The third-order valence-electron chi connectivity index (χ3n) is 3.70.